The number of piperazine rings is 1. The Kier molecular flexibility index (Phi) is 5.41. The van der Waals surface area contributed by atoms with Gasteiger partial charge in [-0.2, -0.15) is 0 Å². The number of hydrogen-bond donors (Lipinski definition) is 1. The summed E-state index contributed by atoms with van der Waals surface area (Å²) in [5.41, 5.74) is 0. The van der Waals surface area contributed by atoms with Crippen molar-refractivity contribution in [1.82, 2.24) is 10.2 Å². The first kappa shape index (κ1) is 14.0. The molecule has 0 aromatic carbocycles. The maximum absolute atomic E-state index is 11.9. The summed E-state index contributed by atoms with van der Waals surface area (Å²) in [5.74, 6) is 0.402. The van der Waals surface area contributed by atoms with Gasteiger partial charge in [-0.25, -0.2) is 0 Å². The monoisotopic (exact) mass is 242 g/mol. The molecule has 1 fully saturated rings. The van der Waals surface area contributed by atoms with Gasteiger partial charge in [0.2, 0.25) is 11.8 Å². The lowest BCUT2D eigenvalue weighted by atomic mass is 10.1. The fraction of sp³-hybridized carbons (Fsp3) is 0.833. The summed E-state index contributed by atoms with van der Waals surface area (Å²) in [6.45, 7) is 7.87. The van der Waals surface area contributed by atoms with Crippen LogP contribution in [0.25, 0.3) is 0 Å². The molecule has 1 aliphatic rings. The third-order valence-electron chi connectivity index (χ3n) is 2.64. The summed E-state index contributed by atoms with van der Waals surface area (Å²) < 4.78 is 5.42. The molecule has 1 heterocycles. The molecular weight excluding hydrogens is 220 g/mol. The van der Waals surface area contributed by atoms with Crippen molar-refractivity contribution in [2.24, 2.45) is 5.92 Å². The van der Waals surface area contributed by atoms with Gasteiger partial charge in [-0.05, 0) is 12.3 Å². The molecule has 0 radical (unpaired) electrons. The summed E-state index contributed by atoms with van der Waals surface area (Å²) in [6.07, 6.45) is 0.633. The van der Waals surface area contributed by atoms with E-state index in [1.807, 2.05) is 6.92 Å². The molecule has 1 unspecified atom stereocenters. The van der Waals surface area contributed by atoms with Gasteiger partial charge in [-0.1, -0.05) is 20.8 Å². The smallest absolute Gasteiger partial charge is 0.245 e. The first-order valence-corrected chi connectivity index (χ1v) is 6.20. The van der Waals surface area contributed by atoms with Crippen molar-refractivity contribution in [3.8, 4) is 0 Å². The molecule has 2 amide bonds. The van der Waals surface area contributed by atoms with E-state index in [1.54, 1.807) is 4.90 Å². The Morgan fingerprint density at radius 2 is 2.18 bits per heavy atom. The van der Waals surface area contributed by atoms with E-state index < -0.39 is 0 Å². The molecule has 0 bridgehead atoms. The molecule has 0 saturated carbocycles. The quantitative estimate of drug-likeness (QED) is 0.686. The van der Waals surface area contributed by atoms with Crippen LogP contribution in [0, 0.1) is 5.92 Å². The normalized spacial score (nSPS) is 20.9. The highest BCUT2D eigenvalue weighted by Crippen LogP contribution is 2.05. The number of rotatable bonds is 6. The molecule has 0 spiro atoms. The Bertz CT molecular complexity index is 279. The average Bonchev–Trinajstić information content (AvgIpc) is 2.28. The van der Waals surface area contributed by atoms with Crippen LogP contribution in [0.3, 0.4) is 0 Å². The second-order valence-corrected chi connectivity index (χ2v) is 4.76. The maximum Gasteiger partial charge on any atom is 0.245 e. The van der Waals surface area contributed by atoms with Crippen molar-refractivity contribution < 1.29 is 14.3 Å². The van der Waals surface area contributed by atoms with Crippen LogP contribution >= 0.6 is 0 Å². The van der Waals surface area contributed by atoms with E-state index >= 15 is 0 Å². The molecule has 0 aromatic heterocycles. The third kappa shape index (κ3) is 4.34. The highest BCUT2D eigenvalue weighted by molar-refractivity contribution is 5.94. The predicted molar refractivity (Wildman–Crippen MR) is 64.5 cm³/mol. The van der Waals surface area contributed by atoms with Gasteiger partial charge in [0.15, 0.2) is 0 Å². The van der Waals surface area contributed by atoms with E-state index in [9.17, 15) is 9.59 Å². The SMILES string of the molecule is CCC1NC(=O)CN(CCOCC(C)C)C1=O. The Hall–Kier alpha value is -1.10. The molecule has 1 aliphatic heterocycles. The van der Waals surface area contributed by atoms with Crippen LogP contribution in [0.1, 0.15) is 27.2 Å². The van der Waals surface area contributed by atoms with Crippen molar-refractivity contribution in [3.05, 3.63) is 0 Å². The minimum absolute atomic E-state index is 0.000229. The highest BCUT2D eigenvalue weighted by atomic mass is 16.5. The van der Waals surface area contributed by atoms with Crippen LogP contribution < -0.4 is 5.32 Å². The van der Waals surface area contributed by atoms with Gasteiger partial charge in [0.1, 0.15) is 6.04 Å². The lowest BCUT2D eigenvalue weighted by Crippen LogP contribution is -2.58. The van der Waals surface area contributed by atoms with Crippen molar-refractivity contribution in [2.75, 3.05) is 26.3 Å². The van der Waals surface area contributed by atoms with E-state index in [0.29, 0.717) is 32.1 Å². The molecular formula is C12H22N2O3. The van der Waals surface area contributed by atoms with E-state index in [4.69, 9.17) is 4.74 Å². The van der Waals surface area contributed by atoms with Crippen molar-refractivity contribution in [3.63, 3.8) is 0 Å². The molecule has 17 heavy (non-hydrogen) atoms. The molecule has 1 N–H and O–H groups in total. The van der Waals surface area contributed by atoms with Gasteiger partial charge in [0.05, 0.1) is 13.2 Å². The molecule has 1 saturated heterocycles. The van der Waals surface area contributed by atoms with Gasteiger partial charge < -0.3 is 15.0 Å². The van der Waals surface area contributed by atoms with E-state index in [1.165, 1.54) is 0 Å². The number of nitrogens with one attached hydrogen (secondary N) is 1. The number of ether oxygens (including phenoxy) is 1. The van der Waals surface area contributed by atoms with E-state index in [2.05, 4.69) is 19.2 Å². The van der Waals surface area contributed by atoms with Crippen LogP contribution in [0.4, 0.5) is 0 Å². The summed E-state index contributed by atoms with van der Waals surface area (Å²) in [6, 6.07) is -0.360. The Morgan fingerprint density at radius 3 is 2.76 bits per heavy atom. The van der Waals surface area contributed by atoms with Crippen molar-refractivity contribution >= 4 is 11.8 Å². The summed E-state index contributed by atoms with van der Waals surface area (Å²) in [7, 11) is 0. The number of carbonyl (C=O) groups is 2. The topological polar surface area (TPSA) is 58.6 Å². The highest BCUT2D eigenvalue weighted by Gasteiger charge is 2.30. The number of hydrogen-bond acceptors (Lipinski definition) is 3. The van der Waals surface area contributed by atoms with Gasteiger partial charge in [-0.3, -0.25) is 9.59 Å². The standard InChI is InChI=1S/C12H22N2O3/c1-4-10-12(16)14(7-11(15)13-10)5-6-17-8-9(2)3/h9-10H,4-8H2,1-3H3,(H,13,15). The Labute approximate surface area is 102 Å². The van der Waals surface area contributed by atoms with Gasteiger partial charge in [-0.15, -0.1) is 0 Å². The largest absolute Gasteiger partial charge is 0.379 e. The average molecular weight is 242 g/mol. The lowest BCUT2D eigenvalue weighted by molar-refractivity contribution is -0.145. The Balaban J connectivity index is 2.35. The third-order valence-corrected chi connectivity index (χ3v) is 2.64. The van der Waals surface area contributed by atoms with Gasteiger partial charge in [0, 0.05) is 13.2 Å². The second kappa shape index (κ2) is 6.59. The van der Waals surface area contributed by atoms with Crippen molar-refractivity contribution in [1.29, 1.82) is 0 Å². The Morgan fingerprint density at radius 1 is 1.47 bits per heavy atom. The van der Waals surface area contributed by atoms with Crippen LogP contribution in [-0.4, -0.2) is 49.1 Å². The second-order valence-electron chi connectivity index (χ2n) is 4.76. The zero-order valence-corrected chi connectivity index (χ0v) is 10.9. The fourth-order valence-corrected chi connectivity index (χ4v) is 1.73. The van der Waals surface area contributed by atoms with Crippen LogP contribution in [0.15, 0.2) is 0 Å². The van der Waals surface area contributed by atoms with E-state index in [-0.39, 0.29) is 24.4 Å². The molecule has 1 atom stereocenters. The summed E-state index contributed by atoms with van der Waals surface area (Å²) >= 11 is 0. The van der Waals surface area contributed by atoms with Gasteiger partial charge >= 0.3 is 0 Å². The number of amides is 2. The zero-order chi connectivity index (χ0) is 12.8. The van der Waals surface area contributed by atoms with Crippen LogP contribution in [-0.2, 0) is 14.3 Å². The van der Waals surface area contributed by atoms with Crippen LogP contribution in [0.2, 0.25) is 0 Å². The van der Waals surface area contributed by atoms with E-state index in [0.717, 1.165) is 0 Å². The summed E-state index contributed by atoms with van der Waals surface area (Å²) in [5, 5.41) is 2.68. The first-order valence-electron chi connectivity index (χ1n) is 6.20. The van der Waals surface area contributed by atoms with Gasteiger partial charge in [0.25, 0.3) is 0 Å². The molecule has 5 heteroatoms. The summed E-state index contributed by atoms with van der Waals surface area (Å²) in [4.78, 5) is 24.8. The van der Waals surface area contributed by atoms with Crippen LogP contribution in [0.5, 0.6) is 0 Å². The molecule has 0 aromatic rings. The zero-order valence-electron chi connectivity index (χ0n) is 10.9. The number of nitrogens with zero attached hydrogens (tertiary/aromatic N) is 1. The molecule has 0 aliphatic carbocycles. The number of carbonyl (C=O) groups excluding carboxylic acids is 2. The minimum atomic E-state index is -0.360. The van der Waals surface area contributed by atoms with Crippen molar-refractivity contribution in [2.45, 2.75) is 33.2 Å². The molecule has 98 valence electrons. The maximum atomic E-state index is 11.9. The lowest BCUT2D eigenvalue weighted by Gasteiger charge is -2.32. The molecule has 5 nitrogen and oxygen atoms in total. The first-order chi connectivity index (χ1) is 8.04. The molecule has 1 rings (SSSR count). The minimum Gasteiger partial charge on any atom is -0.379 e. The fourth-order valence-electron chi connectivity index (χ4n) is 1.73. The predicted octanol–water partition coefficient (Wildman–Crippen LogP) is 0.396.